The minimum Gasteiger partial charge on any atom is -0.444 e. The molecule has 0 bridgehead atoms. The van der Waals surface area contributed by atoms with Crippen LogP contribution in [0.1, 0.15) is 43.2 Å². The largest absolute Gasteiger partial charge is 0.444 e. The highest BCUT2D eigenvalue weighted by Gasteiger charge is 2.17. The zero-order valence-corrected chi connectivity index (χ0v) is 19.3. The summed E-state index contributed by atoms with van der Waals surface area (Å²) >= 11 is 0. The summed E-state index contributed by atoms with van der Waals surface area (Å²) in [4.78, 5) is 26.4. The lowest BCUT2D eigenvalue weighted by Crippen LogP contribution is -2.29. The molecule has 0 atom stereocenters. The SMILES string of the molecule is CN(CCCc1cc(-c2ccc(F)cc2)n[nH]1)C(=O)c1cccc(NC(=O)OC(C)(C)C)c1. The second kappa shape index (κ2) is 10.3. The van der Waals surface area contributed by atoms with Crippen LogP contribution in [0.5, 0.6) is 0 Å². The predicted molar refractivity (Wildman–Crippen MR) is 126 cm³/mol. The van der Waals surface area contributed by atoms with Gasteiger partial charge in [-0.15, -0.1) is 0 Å². The Balaban J connectivity index is 1.52. The van der Waals surface area contributed by atoms with Crippen molar-refractivity contribution < 1.29 is 18.7 Å². The van der Waals surface area contributed by atoms with Crippen molar-refractivity contribution in [1.82, 2.24) is 15.1 Å². The van der Waals surface area contributed by atoms with E-state index in [1.807, 2.05) is 6.07 Å². The number of aromatic amines is 1. The van der Waals surface area contributed by atoms with E-state index in [0.29, 0.717) is 24.2 Å². The van der Waals surface area contributed by atoms with Gasteiger partial charge in [0.2, 0.25) is 0 Å². The van der Waals surface area contributed by atoms with Gasteiger partial charge in [0, 0.05) is 36.1 Å². The van der Waals surface area contributed by atoms with Gasteiger partial charge in [0.15, 0.2) is 0 Å². The van der Waals surface area contributed by atoms with Gasteiger partial charge in [0.05, 0.1) is 5.69 Å². The third-order valence-corrected chi connectivity index (χ3v) is 4.81. The molecule has 3 rings (SSSR count). The van der Waals surface area contributed by atoms with E-state index in [1.165, 1.54) is 12.1 Å². The molecule has 0 spiro atoms. The highest BCUT2D eigenvalue weighted by atomic mass is 19.1. The van der Waals surface area contributed by atoms with Gasteiger partial charge in [-0.1, -0.05) is 6.07 Å². The van der Waals surface area contributed by atoms with Gasteiger partial charge in [0.25, 0.3) is 5.91 Å². The van der Waals surface area contributed by atoms with Crippen LogP contribution in [0.3, 0.4) is 0 Å². The third-order valence-electron chi connectivity index (χ3n) is 4.81. The molecule has 0 unspecified atom stereocenters. The number of amides is 2. The first-order valence-corrected chi connectivity index (χ1v) is 10.8. The number of benzene rings is 2. The Bertz CT molecular complexity index is 1100. The summed E-state index contributed by atoms with van der Waals surface area (Å²) in [6.07, 6.45) is 0.884. The zero-order chi connectivity index (χ0) is 24.0. The number of carbonyl (C=O) groups is 2. The molecule has 0 radical (unpaired) electrons. The van der Waals surface area contributed by atoms with Gasteiger partial charge >= 0.3 is 6.09 Å². The summed E-state index contributed by atoms with van der Waals surface area (Å²) in [6, 6.07) is 14.9. The molecule has 2 aromatic carbocycles. The lowest BCUT2D eigenvalue weighted by molar-refractivity contribution is 0.0635. The van der Waals surface area contributed by atoms with Crippen LogP contribution in [0.25, 0.3) is 11.3 Å². The van der Waals surface area contributed by atoms with Crippen LogP contribution in [0, 0.1) is 5.82 Å². The number of hydrogen-bond acceptors (Lipinski definition) is 4. The van der Waals surface area contributed by atoms with Crippen molar-refractivity contribution in [2.24, 2.45) is 0 Å². The van der Waals surface area contributed by atoms with Crippen LogP contribution in [-0.2, 0) is 11.2 Å². The lowest BCUT2D eigenvalue weighted by atomic mass is 10.1. The average Bonchev–Trinajstić information content (AvgIpc) is 3.21. The second-order valence-corrected chi connectivity index (χ2v) is 8.82. The summed E-state index contributed by atoms with van der Waals surface area (Å²) in [6.45, 7) is 5.91. The molecule has 1 heterocycles. The number of ether oxygens (including phenoxy) is 1. The van der Waals surface area contributed by atoms with Crippen molar-refractivity contribution in [2.45, 2.75) is 39.2 Å². The molecular formula is C25H29FN4O3. The number of aryl methyl sites for hydroxylation is 1. The molecule has 0 aliphatic heterocycles. The van der Waals surface area contributed by atoms with Crippen molar-refractivity contribution in [3.05, 3.63) is 71.7 Å². The molecule has 0 aliphatic carbocycles. The highest BCUT2D eigenvalue weighted by molar-refractivity contribution is 5.96. The number of hydrogen-bond donors (Lipinski definition) is 2. The van der Waals surface area contributed by atoms with Crippen molar-refractivity contribution >= 4 is 17.7 Å². The molecule has 0 saturated heterocycles. The highest BCUT2D eigenvalue weighted by Crippen LogP contribution is 2.19. The van der Waals surface area contributed by atoms with Gasteiger partial charge in [-0.3, -0.25) is 15.2 Å². The monoisotopic (exact) mass is 452 g/mol. The lowest BCUT2D eigenvalue weighted by Gasteiger charge is -2.20. The standard InChI is InChI=1S/C25H29FN4O3/c1-25(2,3)33-24(32)27-20-8-5-7-18(15-20)23(31)30(4)14-6-9-21-16-22(29-28-21)17-10-12-19(26)13-11-17/h5,7-8,10-13,15-16H,6,9,14H2,1-4H3,(H,27,32)(H,28,29). The maximum Gasteiger partial charge on any atom is 0.412 e. The fraction of sp³-hybridized carbons (Fsp3) is 0.320. The molecule has 33 heavy (non-hydrogen) atoms. The molecule has 3 aromatic rings. The summed E-state index contributed by atoms with van der Waals surface area (Å²) < 4.78 is 18.3. The van der Waals surface area contributed by atoms with Gasteiger partial charge in [-0.05, 0) is 82.1 Å². The third kappa shape index (κ3) is 7.17. The Hall–Kier alpha value is -3.68. The minimum atomic E-state index is -0.605. The molecule has 1 aromatic heterocycles. The topological polar surface area (TPSA) is 87.3 Å². The van der Waals surface area contributed by atoms with Crippen molar-refractivity contribution in [1.29, 1.82) is 0 Å². The van der Waals surface area contributed by atoms with E-state index in [4.69, 9.17) is 4.74 Å². The quantitative estimate of drug-likeness (QED) is 0.511. The number of aromatic nitrogens is 2. The number of rotatable bonds is 7. The first-order valence-electron chi connectivity index (χ1n) is 10.8. The number of nitrogens with one attached hydrogen (secondary N) is 2. The van der Waals surface area contributed by atoms with E-state index < -0.39 is 11.7 Å². The Morgan fingerprint density at radius 3 is 2.55 bits per heavy atom. The molecule has 2 N–H and O–H groups in total. The van der Waals surface area contributed by atoms with E-state index in [2.05, 4.69) is 15.5 Å². The average molecular weight is 453 g/mol. The van der Waals surface area contributed by atoms with Crippen LogP contribution < -0.4 is 5.32 Å². The van der Waals surface area contributed by atoms with Gasteiger partial charge < -0.3 is 9.64 Å². The number of halogens is 1. The predicted octanol–water partition coefficient (Wildman–Crippen LogP) is 5.27. The molecule has 174 valence electrons. The van der Waals surface area contributed by atoms with Crippen LogP contribution in [0.15, 0.2) is 54.6 Å². The molecular weight excluding hydrogens is 423 g/mol. The van der Waals surface area contributed by atoms with Crippen molar-refractivity contribution in [3.8, 4) is 11.3 Å². The molecule has 0 saturated carbocycles. The normalized spacial score (nSPS) is 11.2. The first-order chi connectivity index (χ1) is 15.6. The van der Waals surface area contributed by atoms with Crippen molar-refractivity contribution in [3.63, 3.8) is 0 Å². The fourth-order valence-corrected chi connectivity index (χ4v) is 3.24. The molecule has 2 amide bonds. The van der Waals surface area contributed by atoms with E-state index in [-0.39, 0.29) is 11.7 Å². The Kier molecular flexibility index (Phi) is 7.48. The Labute approximate surface area is 193 Å². The summed E-state index contributed by atoms with van der Waals surface area (Å²) in [5, 5.41) is 9.93. The first kappa shape index (κ1) is 24.0. The van der Waals surface area contributed by atoms with E-state index in [0.717, 1.165) is 23.4 Å². The molecule has 0 aliphatic rings. The Morgan fingerprint density at radius 2 is 1.85 bits per heavy atom. The fourth-order valence-electron chi connectivity index (χ4n) is 3.24. The van der Waals surface area contributed by atoms with Gasteiger partial charge in [-0.2, -0.15) is 5.10 Å². The number of nitrogens with zero attached hydrogens (tertiary/aromatic N) is 2. The zero-order valence-electron chi connectivity index (χ0n) is 19.3. The van der Waals surface area contributed by atoms with Crippen LogP contribution in [0.2, 0.25) is 0 Å². The van der Waals surface area contributed by atoms with Crippen LogP contribution in [-0.4, -0.2) is 46.3 Å². The maximum atomic E-state index is 13.1. The molecule has 7 nitrogen and oxygen atoms in total. The molecule has 0 fully saturated rings. The Morgan fingerprint density at radius 1 is 1.12 bits per heavy atom. The van der Waals surface area contributed by atoms with E-state index in [9.17, 15) is 14.0 Å². The van der Waals surface area contributed by atoms with E-state index in [1.54, 1.807) is 69.1 Å². The van der Waals surface area contributed by atoms with E-state index >= 15 is 0 Å². The van der Waals surface area contributed by atoms with Gasteiger partial charge in [-0.25, -0.2) is 9.18 Å². The van der Waals surface area contributed by atoms with Crippen LogP contribution in [0.4, 0.5) is 14.9 Å². The summed E-state index contributed by atoms with van der Waals surface area (Å²) in [5.41, 5.74) is 2.90. The minimum absolute atomic E-state index is 0.139. The second-order valence-electron chi connectivity index (χ2n) is 8.82. The molecule has 8 heteroatoms. The van der Waals surface area contributed by atoms with Crippen LogP contribution >= 0.6 is 0 Å². The number of carbonyl (C=O) groups excluding carboxylic acids is 2. The van der Waals surface area contributed by atoms with Gasteiger partial charge in [0.1, 0.15) is 11.4 Å². The smallest absolute Gasteiger partial charge is 0.412 e. The number of H-pyrrole nitrogens is 1. The number of anilines is 1. The maximum absolute atomic E-state index is 13.1. The summed E-state index contributed by atoms with van der Waals surface area (Å²) in [7, 11) is 1.74. The summed E-state index contributed by atoms with van der Waals surface area (Å²) in [5.74, 6) is -0.423. The van der Waals surface area contributed by atoms with Crippen molar-refractivity contribution in [2.75, 3.05) is 18.9 Å².